The van der Waals surface area contributed by atoms with Crippen molar-refractivity contribution >= 4 is 23.5 Å². The van der Waals surface area contributed by atoms with Gasteiger partial charge in [-0.3, -0.25) is 19.6 Å². The maximum atomic E-state index is 13.5. The third kappa shape index (κ3) is 5.03. The van der Waals surface area contributed by atoms with Crippen LogP contribution >= 0.6 is 0 Å². The number of halogens is 1. The summed E-state index contributed by atoms with van der Waals surface area (Å²) in [5, 5.41) is 11.7. The van der Waals surface area contributed by atoms with Gasteiger partial charge in [0.1, 0.15) is 17.7 Å². The van der Waals surface area contributed by atoms with Crippen molar-refractivity contribution in [1.29, 1.82) is 0 Å². The van der Waals surface area contributed by atoms with E-state index < -0.39 is 23.7 Å². The van der Waals surface area contributed by atoms with E-state index >= 15 is 0 Å². The van der Waals surface area contributed by atoms with Crippen LogP contribution < -0.4 is 10.8 Å². The van der Waals surface area contributed by atoms with Crippen molar-refractivity contribution in [2.24, 2.45) is 17.3 Å². The van der Waals surface area contributed by atoms with E-state index in [1.54, 1.807) is 10.4 Å². The van der Waals surface area contributed by atoms with Crippen molar-refractivity contribution in [2.75, 3.05) is 11.9 Å². The van der Waals surface area contributed by atoms with E-state index in [0.29, 0.717) is 25.3 Å². The van der Waals surface area contributed by atoms with Crippen LogP contribution in [0.3, 0.4) is 0 Å². The number of nitrogens with zero attached hydrogens (tertiary/aromatic N) is 2. The summed E-state index contributed by atoms with van der Waals surface area (Å²) in [7, 11) is 0. The number of carbonyl (C=O) groups excluding carboxylic acids is 3. The molecule has 0 aromatic carbocycles. The van der Waals surface area contributed by atoms with Crippen molar-refractivity contribution in [3.8, 4) is 0 Å². The molecule has 168 valence electrons. The molecule has 1 aromatic rings. The normalized spacial score (nSPS) is 23.0. The van der Waals surface area contributed by atoms with Crippen molar-refractivity contribution in [2.45, 2.75) is 63.8 Å². The smallest absolute Gasteiger partial charge is 0.248 e. The quantitative estimate of drug-likeness (QED) is 0.453. The molecule has 3 aliphatic rings. The second-order valence-electron chi connectivity index (χ2n) is 9.36. The van der Waals surface area contributed by atoms with E-state index in [2.05, 4.69) is 10.3 Å². The Bertz CT molecular complexity index is 836. The van der Waals surface area contributed by atoms with Crippen LogP contribution in [0.5, 0.6) is 0 Å². The number of hydrogen-bond donors (Lipinski definition) is 3. The topological polar surface area (TPSA) is 112 Å². The number of hydroxylamine groups is 1. The average molecular weight is 432 g/mol. The zero-order chi connectivity index (χ0) is 22.0. The molecule has 1 aliphatic heterocycles. The van der Waals surface area contributed by atoms with E-state index in [-0.39, 0.29) is 29.5 Å². The third-order valence-electron chi connectivity index (χ3n) is 7.03. The summed E-state index contributed by atoms with van der Waals surface area (Å²) in [5.74, 6) is -1.58. The highest BCUT2D eigenvalue weighted by molar-refractivity contribution is 5.98. The molecule has 0 radical (unpaired) electrons. The number of amides is 3. The number of pyridine rings is 1. The Kier molecular flexibility index (Phi) is 6.22. The van der Waals surface area contributed by atoms with Gasteiger partial charge in [0.25, 0.3) is 0 Å². The van der Waals surface area contributed by atoms with Gasteiger partial charge in [-0.05, 0) is 49.1 Å². The number of likely N-dealkylation sites (tertiary alicyclic amines) is 1. The molecule has 31 heavy (non-hydrogen) atoms. The van der Waals surface area contributed by atoms with Gasteiger partial charge in [0, 0.05) is 18.9 Å². The first-order chi connectivity index (χ1) is 14.9. The van der Waals surface area contributed by atoms with Crippen molar-refractivity contribution in [3.05, 3.63) is 24.1 Å². The van der Waals surface area contributed by atoms with Gasteiger partial charge in [-0.15, -0.1) is 0 Å². The molecule has 0 bridgehead atoms. The Morgan fingerprint density at radius 3 is 2.61 bits per heavy atom. The minimum absolute atomic E-state index is 0.0228. The summed E-state index contributed by atoms with van der Waals surface area (Å²) in [5.41, 5.74) is 1.61. The molecule has 3 fully saturated rings. The third-order valence-corrected chi connectivity index (χ3v) is 7.03. The summed E-state index contributed by atoms with van der Waals surface area (Å²) >= 11 is 0. The zero-order valence-corrected chi connectivity index (χ0v) is 17.5. The molecular weight excluding hydrogens is 403 g/mol. The molecule has 4 rings (SSSR count). The summed E-state index contributed by atoms with van der Waals surface area (Å²) in [6.07, 6.45) is 8.37. The number of carbonyl (C=O) groups is 3. The fraction of sp³-hybridized carbons (Fsp3) is 0.636. The van der Waals surface area contributed by atoms with Crippen molar-refractivity contribution in [1.82, 2.24) is 15.4 Å². The fourth-order valence-electron chi connectivity index (χ4n) is 5.14. The van der Waals surface area contributed by atoms with Crippen LogP contribution in [0.2, 0.25) is 0 Å². The van der Waals surface area contributed by atoms with Crippen LogP contribution in [0.4, 0.5) is 10.2 Å². The molecule has 3 N–H and O–H groups in total. The standard InChI is InChI=1S/C22H29FN4O4/c23-16-5-6-18(24-12-16)25-20(29)17-11-22(7-8-22)13-27(17)21(30)15(10-19(28)26-31)9-14-3-1-2-4-14/h5-6,12,14-15,17,31H,1-4,7-11,13H2,(H,26,28)(H,24,25,29)/t15-,17+/m1/s1. The first kappa shape index (κ1) is 21.7. The molecule has 2 aliphatic carbocycles. The van der Waals surface area contributed by atoms with E-state index in [4.69, 9.17) is 5.21 Å². The lowest BCUT2D eigenvalue weighted by molar-refractivity contribution is -0.144. The van der Waals surface area contributed by atoms with Crippen molar-refractivity contribution < 1.29 is 24.0 Å². The molecule has 1 saturated heterocycles. The van der Waals surface area contributed by atoms with Gasteiger partial charge in [-0.1, -0.05) is 25.7 Å². The molecule has 0 unspecified atom stereocenters. The Labute approximate surface area is 180 Å². The minimum Gasteiger partial charge on any atom is -0.330 e. The lowest BCUT2D eigenvalue weighted by atomic mass is 9.89. The summed E-state index contributed by atoms with van der Waals surface area (Å²) in [6.45, 7) is 0.503. The first-order valence-electron chi connectivity index (χ1n) is 11.0. The molecule has 2 heterocycles. The first-order valence-corrected chi connectivity index (χ1v) is 11.0. The molecule has 1 aromatic heterocycles. The monoisotopic (exact) mass is 432 g/mol. The van der Waals surface area contributed by atoms with Crippen LogP contribution in [-0.2, 0) is 14.4 Å². The predicted molar refractivity (Wildman–Crippen MR) is 109 cm³/mol. The van der Waals surface area contributed by atoms with E-state index in [0.717, 1.165) is 44.7 Å². The number of hydrogen-bond acceptors (Lipinski definition) is 5. The summed E-state index contributed by atoms with van der Waals surface area (Å²) in [6, 6.07) is 1.95. The van der Waals surface area contributed by atoms with Crippen LogP contribution in [-0.4, -0.2) is 45.4 Å². The van der Waals surface area contributed by atoms with Gasteiger partial charge in [0.05, 0.1) is 6.20 Å². The highest BCUT2D eigenvalue weighted by atomic mass is 19.1. The Morgan fingerprint density at radius 2 is 2.00 bits per heavy atom. The SMILES string of the molecule is O=C(C[C@@H](CC1CCCC1)C(=O)N1CC2(CC2)C[C@H]1C(=O)Nc1ccc(F)cn1)NO. The molecule has 8 nitrogen and oxygen atoms in total. The Hall–Kier alpha value is -2.55. The fourth-order valence-corrected chi connectivity index (χ4v) is 5.14. The summed E-state index contributed by atoms with van der Waals surface area (Å²) < 4.78 is 13.1. The zero-order valence-electron chi connectivity index (χ0n) is 17.5. The molecular formula is C22H29FN4O4. The van der Waals surface area contributed by atoms with Crippen LogP contribution in [0.25, 0.3) is 0 Å². The number of nitrogens with one attached hydrogen (secondary N) is 2. The Balaban J connectivity index is 1.50. The highest BCUT2D eigenvalue weighted by Crippen LogP contribution is 2.55. The van der Waals surface area contributed by atoms with Crippen LogP contribution in [0.1, 0.15) is 57.8 Å². The van der Waals surface area contributed by atoms with Gasteiger partial charge in [-0.25, -0.2) is 14.9 Å². The maximum Gasteiger partial charge on any atom is 0.248 e. The van der Waals surface area contributed by atoms with Gasteiger partial charge in [0.2, 0.25) is 17.7 Å². The number of anilines is 1. The van der Waals surface area contributed by atoms with E-state index in [9.17, 15) is 18.8 Å². The van der Waals surface area contributed by atoms with Crippen molar-refractivity contribution in [3.63, 3.8) is 0 Å². The molecule has 9 heteroatoms. The largest absolute Gasteiger partial charge is 0.330 e. The van der Waals surface area contributed by atoms with Gasteiger partial charge < -0.3 is 10.2 Å². The number of aromatic nitrogens is 1. The highest BCUT2D eigenvalue weighted by Gasteiger charge is 2.55. The lowest BCUT2D eigenvalue weighted by Crippen LogP contribution is -2.46. The van der Waals surface area contributed by atoms with Crippen LogP contribution in [0, 0.1) is 23.1 Å². The van der Waals surface area contributed by atoms with Gasteiger partial charge >= 0.3 is 0 Å². The molecule has 2 atom stereocenters. The molecule has 1 spiro atoms. The maximum absolute atomic E-state index is 13.5. The van der Waals surface area contributed by atoms with Crippen LogP contribution in [0.15, 0.2) is 18.3 Å². The van der Waals surface area contributed by atoms with E-state index in [1.165, 1.54) is 12.1 Å². The van der Waals surface area contributed by atoms with Gasteiger partial charge in [-0.2, -0.15) is 0 Å². The predicted octanol–water partition coefficient (Wildman–Crippen LogP) is 2.63. The minimum atomic E-state index is -0.648. The lowest BCUT2D eigenvalue weighted by Gasteiger charge is -2.29. The summed E-state index contributed by atoms with van der Waals surface area (Å²) in [4.78, 5) is 43.9. The second-order valence-corrected chi connectivity index (χ2v) is 9.36. The number of rotatable bonds is 7. The average Bonchev–Trinajstić information content (AvgIpc) is 3.13. The molecule has 2 saturated carbocycles. The second kappa shape index (κ2) is 8.90. The van der Waals surface area contributed by atoms with E-state index in [1.807, 2.05) is 0 Å². The van der Waals surface area contributed by atoms with Gasteiger partial charge in [0.15, 0.2) is 0 Å². The molecule has 3 amide bonds. The Morgan fingerprint density at radius 1 is 1.26 bits per heavy atom.